The van der Waals surface area contributed by atoms with Crippen LogP contribution in [0.3, 0.4) is 0 Å². The minimum Gasteiger partial charge on any atom is -0.398 e. The van der Waals surface area contributed by atoms with Gasteiger partial charge < -0.3 is 5.73 Å². The number of nitrogen functional groups attached to an aromatic ring is 1. The summed E-state index contributed by atoms with van der Waals surface area (Å²) in [4.78, 5) is 4.44. The molecule has 0 aliphatic heterocycles. The molecule has 0 saturated carbocycles. The van der Waals surface area contributed by atoms with Crippen molar-refractivity contribution in [1.82, 2.24) is 4.98 Å². The van der Waals surface area contributed by atoms with Crippen LogP contribution in [0.2, 0.25) is 5.02 Å². The molecule has 18 heavy (non-hydrogen) atoms. The van der Waals surface area contributed by atoms with Crippen molar-refractivity contribution in [2.45, 2.75) is 0 Å². The number of nitrogens with zero attached hydrogens (tertiary/aromatic N) is 1. The fraction of sp³-hybridized carbons (Fsp3) is 0. The van der Waals surface area contributed by atoms with Crippen LogP contribution in [0.15, 0.2) is 54.7 Å². The highest BCUT2D eigenvalue weighted by Crippen LogP contribution is 2.27. The van der Waals surface area contributed by atoms with Crippen molar-refractivity contribution in [1.29, 1.82) is 0 Å². The third-order valence-electron chi connectivity index (χ3n) is 2.92. The number of hydrogen-bond acceptors (Lipinski definition) is 2. The van der Waals surface area contributed by atoms with E-state index in [4.69, 9.17) is 17.3 Å². The van der Waals surface area contributed by atoms with Gasteiger partial charge in [-0.1, -0.05) is 35.9 Å². The Hall–Kier alpha value is -2.06. The lowest BCUT2D eigenvalue weighted by molar-refractivity contribution is 1.41. The maximum Gasteiger partial charge on any atom is 0.0702 e. The number of fused-ring (bicyclic) bond motifs is 1. The molecule has 0 fully saturated rings. The molecular weight excluding hydrogens is 244 g/mol. The van der Waals surface area contributed by atoms with Crippen LogP contribution >= 0.6 is 11.6 Å². The first-order valence-electron chi connectivity index (χ1n) is 5.64. The Kier molecular flexibility index (Phi) is 2.65. The van der Waals surface area contributed by atoms with Crippen molar-refractivity contribution in [2.24, 2.45) is 0 Å². The van der Waals surface area contributed by atoms with Gasteiger partial charge in [-0.2, -0.15) is 0 Å². The molecular formula is C15H11ClN2. The molecule has 1 heterocycles. The van der Waals surface area contributed by atoms with Gasteiger partial charge in [-0.05, 0) is 29.8 Å². The van der Waals surface area contributed by atoms with Gasteiger partial charge in [0.2, 0.25) is 0 Å². The van der Waals surface area contributed by atoms with Gasteiger partial charge in [-0.15, -0.1) is 0 Å². The fourth-order valence-electron chi connectivity index (χ4n) is 1.95. The molecule has 88 valence electrons. The second kappa shape index (κ2) is 4.31. The summed E-state index contributed by atoms with van der Waals surface area (Å²) in [6, 6.07) is 15.8. The van der Waals surface area contributed by atoms with E-state index in [1.807, 2.05) is 42.6 Å². The first-order valence-corrected chi connectivity index (χ1v) is 6.02. The summed E-state index contributed by atoms with van der Waals surface area (Å²) in [5, 5.41) is 1.69. The zero-order valence-corrected chi connectivity index (χ0v) is 10.4. The van der Waals surface area contributed by atoms with E-state index in [0.29, 0.717) is 10.7 Å². The van der Waals surface area contributed by atoms with E-state index in [1.54, 1.807) is 6.07 Å². The number of rotatable bonds is 1. The molecule has 2 nitrogen and oxygen atoms in total. The van der Waals surface area contributed by atoms with Gasteiger partial charge in [0.25, 0.3) is 0 Å². The molecule has 0 aliphatic rings. The van der Waals surface area contributed by atoms with Crippen LogP contribution in [0.25, 0.3) is 22.0 Å². The maximum absolute atomic E-state index is 5.92. The Bertz CT molecular complexity index is 723. The lowest BCUT2D eigenvalue weighted by Crippen LogP contribution is -1.88. The van der Waals surface area contributed by atoms with Gasteiger partial charge in [-0.3, -0.25) is 4.98 Å². The number of nitrogens with two attached hydrogens (primary N) is 1. The Morgan fingerprint density at radius 3 is 2.61 bits per heavy atom. The number of pyridine rings is 1. The molecule has 3 aromatic rings. The van der Waals surface area contributed by atoms with Crippen molar-refractivity contribution in [3.63, 3.8) is 0 Å². The largest absolute Gasteiger partial charge is 0.398 e. The van der Waals surface area contributed by atoms with Crippen LogP contribution in [0.4, 0.5) is 5.69 Å². The Labute approximate surface area is 110 Å². The molecule has 2 aromatic carbocycles. The normalized spacial score (nSPS) is 10.7. The summed E-state index contributed by atoms with van der Waals surface area (Å²) in [6.07, 6.45) is 1.85. The Morgan fingerprint density at radius 2 is 1.78 bits per heavy atom. The van der Waals surface area contributed by atoms with E-state index in [9.17, 15) is 0 Å². The van der Waals surface area contributed by atoms with Gasteiger partial charge in [0.05, 0.1) is 16.2 Å². The topological polar surface area (TPSA) is 38.9 Å². The standard InChI is InChI=1S/C15H11ClN2/c16-13-6-5-10(8-14(13)17)12-7-11-3-1-2-4-15(11)18-9-12/h1-9H,17H2. The van der Waals surface area contributed by atoms with Crippen LogP contribution in [-0.4, -0.2) is 4.98 Å². The van der Waals surface area contributed by atoms with Crippen molar-refractivity contribution in [2.75, 3.05) is 5.73 Å². The quantitative estimate of drug-likeness (QED) is 0.663. The highest BCUT2D eigenvalue weighted by Gasteiger charge is 2.03. The molecule has 2 N–H and O–H groups in total. The van der Waals surface area contributed by atoms with Crippen LogP contribution < -0.4 is 5.73 Å². The summed E-state index contributed by atoms with van der Waals surface area (Å²) < 4.78 is 0. The van der Waals surface area contributed by atoms with Crippen molar-refractivity contribution >= 4 is 28.2 Å². The minimum absolute atomic E-state index is 0.576. The van der Waals surface area contributed by atoms with Gasteiger partial charge in [-0.25, -0.2) is 0 Å². The average Bonchev–Trinajstić information content (AvgIpc) is 2.41. The van der Waals surface area contributed by atoms with E-state index in [0.717, 1.165) is 22.0 Å². The second-order valence-electron chi connectivity index (χ2n) is 4.15. The molecule has 0 saturated heterocycles. The monoisotopic (exact) mass is 254 g/mol. The highest BCUT2D eigenvalue weighted by molar-refractivity contribution is 6.33. The first-order chi connectivity index (χ1) is 8.74. The molecule has 3 heteroatoms. The van der Waals surface area contributed by atoms with E-state index >= 15 is 0 Å². The molecule has 0 aliphatic carbocycles. The molecule has 1 aromatic heterocycles. The van der Waals surface area contributed by atoms with E-state index < -0.39 is 0 Å². The number of anilines is 1. The summed E-state index contributed by atoms with van der Waals surface area (Å²) >= 11 is 5.92. The predicted octanol–water partition coefficient (Wildman–Crippen LogP) is 4.14. The number of benzene rings is 2. The van der Waals surface area contributed by atoms with Crippen LogP contribution in [0.5, 0.6) is 0 Å². The number of halogens is 1. The molecule has 0 bridgehead atoms. The lowest BCUT2D eigenvalue weighted by atomic mass is 10.0. The summed E-state index contributed by atoms with van der Waals surface area (Å²) in [5.74, 6) is 0. The van der Waals surface area contributed by atoms with E-state index in [1.165, 1.54) is 0 Å². The van der Waals surface area contributed by atoms with Gasteiger partial charge >= 0.3 is 0 Å². The molecule has 0 spiro atoms. The number of aromatic nitrogens is 1. The lowest BCUT2D eigenvalue weighted by Gasteiger charge is -2.05. The predicted molar refractivity (Wildman–Crippen MR) is 76.6 cm³/mol. The Balaban J connectivity index is 2.16. The zero-order valence-electron chi connectivity index (χ0n) is 9.60. The third kappa shape index (κ3) is 1.91. The third-order valence-corrected chi connectivity index (χ3v) is 3.26. The van der Waals surface area contributed by atoms with E-state index in [2.05, 4.69) is 11.1 Å². The van der Waals surface area contributed by atoms with Gasteiger partial charge in [0, 0.05) is 17.1 Å². The fourth-order valence-corrected chi connectivity index (χ4v) is 2.07. The van der Waals surface area contributed by atoms with Crippen LogP contribution in [-0.2, 0) is 0 Å². The SMILES string of the molecule is Nc1cc(-c2cnc3ccccc3c2)ccc1Cl. The second-order valence-corrected chi connectivity index (χ2v) is 4.56. The number of hydrogen-bond donors (Lipinski definition) is 1. The molecule has 3 rings (SSSR count). The summed E-state index contributed by atoms with van der Waals surface area (Å²) in [6.45, 7) is 0. The smallest absolute Gasteiger partial charge is 0.0702 e. The molecule has 0 atom stereocenters. The van der Waals surface area contributed by atoms with Crippen LogP contribution in [0, 0.1) is 0 Å². The molecule has 0 radical (unpaired) electrons. The van der Waals surface area contributed by atoms with Crippen LogP contribution in [0.1, 0.15) is 0 Å². The van der Waals surface area contributed by atoms with Crippen molar-refractivity contribution < 1.29 is 0 Å². The molecule has 0 unspecified atom stereocenters. The van der Waals surface area contributed by atoms with E-state index in [-0.39, 0.29) is 0 Å². The number of para-hydroxylation sites is 1. The zero-order chi connectivity index (χ0) is 12.5. The first kappa shape index (κ1) is 11.1. The van der Waals surface area contributed by atoms with Gasteiger partial charge in [0.1, 0.15) is 0 Å². The van der Waals surface area contributed by atoms with Gasteiger partial charge in [0.15, 0.2) is 0 Å². The Morgan fingerprint density at radius 1 is 0.944 bits per heavy atom. The highest BCUT2D eigenvalue weighted by atomic mass is 35.5. The van der Waals surface area contributed by atoms with Crippen molar-refractivity contribution in [3.05, 3.63) is 59.8 Å². The molecule has 0 amide bonds. The average molecular weight is 255 g/mol. The summed E-state index contributed by atoms with van der Waals surface area (Å²) in [5.41, 5.74) is 9.46. The summed E-state index contributed by atoms with van der Waals surface area (Å²) in [7, 11) is 0. The maximum atomic E-state index is 5.92. The minimum atomic E-state index is 0.576. The van der Waals surface area contributed by atoms with Crippen molar-refractivity contribution in [3.8, 4) is 11.1 Å².